The average Bonchev–Trinajstić information content (AvgIpc) is 2.61. The van der Waals surface area contributed by atoms with Crippen LogP contribution in [0.15, 0.2) is 59.5 Å². The predicted octanol–water partition coefficient (Wildman–Crippen LogP) is 2.65. The number of rotatable bonds is 7. The summed E-state index contributed by atoms with van der Waals surface area (Å²) < 4.78 is 31.7. The van der Waals surface area contributed by atoms with Gasteiger partial charge >= 0.3 is 5.97 Å². The van der Waals surface area contributed by atoms with Crippen LogP contribution in [0.25, 0.3) is 0 Å². The lowest BCUT2D eigenvalue weighted by atomic mass is 10.2. The van der Waals surface area contributed by atoms with Crippen molar-refractivity contribution in [3.05, 3.63) is 60.2 Å². The van der Waals surface area contributed by atoms with Crippen LogP contribution in [-0.4, -0.2) is 33.3 Å². The van der Waals surface area contributed by atoms with E-state index >= 15 is 0 Å². The Balaban J connectivity index is 2.25. The maximum absolute atomic E-state index is 12.8. The SMILES string of the molecule is CCN(c1ccccc1)S(=O)(=O)c1ccc(C(=O)OCC(C)=O)cc1. The van der Waals surface area contributed by atoms with E-state index in [1.54, 1.807) is 31.2 Å². The van der Waals surface area contributed by atoms with Crippen molar-refractivity contribution in [3.63, 3.8) is 0 Å². The summed E-state index contributed by atoms with van der Waals surface area (Å²) in [6.45, 7) is 3.02. The van der Waals surface area contributed by atoms with Crippen LogP contribution in [0, 0.1) is 0 Å². The zero-order valence-corrected chi connectivity index (χ0v) is 14.8. The molecule has 0 N–H and O–H groups in total. The van der Waals surface area contributed by atoms with Crippen molar-refractivity contribution in [1.29, 1.82) is 0 Å². The highest BCUT2D eigenvalue weighted by molar-refractivity contribution is 7.92. The topological polar surface area (TPSA) is 80.8 Å². The molecule has 0 fully saturated rings. The molecule has 132 valence electrons. The molecule has 0 atom stereocenters. The number of carbonyl (C=O) groups is 2. The minimum Gasteiger partial charge on any atom is -0.454 e. The molecule has 0 unspecified atom stereocenters. The number of para-hydroxylation sites is 1. The van der Waals surface area contributed by atoms with Gasteiger partial charge in [0, 0.05) is 6.54 Å². The maximum atomic E-state index is 12.8. The second-order valence-electron chi connectivity index (χ2n) is 5.31. The van der Waals surface area contributed by atoms with Gasteiger partial charge in [0.05, 0.1) is 16.1 Å². The summed E-state index contributed by atoms with van der Waals surface area (Å²) in [7, 11) is -3.75. The van der Waals surface area contributed by atoms with E-state index in [0.717, 1.165) is 0 Å². The first-order valence-corrected chi connectivity index (χ1v) is 9.14. The quantitative estimate of drug-likeness (QED) is 0.708. The van der Waals surface area contributed by atoms with Gasteiger partial charge in [-0.15, -0.1) is 0 Å². The number of carbonyl (C=O) groups excluding carboxylic acids is 2. The van der Waals surface area contributed by atoms with Gasteiger partial charge < -0.3 is 4.74 Å². The molecule has 2 aromatic carbocycles. The fourth-order valence-electron chi connectivity index (χ4n) is 2.23. The number of Topliss-reactive ketones (excluding diaryl/α,β-unsaturated/α-hetero) is 1. The fourth-order valence-corrected chi connectivity index (χ4v) is 3.70. The van der Waals surface area contributed by atoms with E-state index < -0.39 is 16.0 Å². The number of sulfonamides is 1. The molecule has 0 radical (unpaired) electrons. The molecule has 0 spiro atoms. The Morgan fingerprint density at radius 3 is 2.12 bits per heavy atom. The Hall–Kier alpha value is -2.67. The smallest absolute Gasteiger partial charge is 0.338 e. The van der Waals surface area contributed by atoms with Crippen molar-refractivity contribution in [2.45, 2.75) is 18.7 Å². The monoisotopic (exact) mass is 361 g/mol. The van der Waals surface area contributed by atoms with Crippen LogP contribution in [0.3, 0.4) is 0 Å². The molecule has 0 saturated carbocycles. The molecule has 0 aliphatic rings. The molecule has 7 heteroatoms. The zero-order chi connectivity index (χ0) is 18.4. The first kappa shape index (κ1) is 18.7. The molecule has 0 aliphatic carbocycles. The minimum atomic E-state index is -3.75. The van der Waals surface area contributed by atoms with Gasteiger partial charge in [-0.25, -0.2) is 13.2 Å². The van der Waals surface area contributed by atoms with Gasteiger partial charge in [0.15, 0.2) is 5.78 Å². The lowest BCUT2D eigenvalue weighted by Crippen LogP contribution is -2.30. The van der Waals surface area contributed by atoms with Crippen LogP contribution >= 0.6 is 0 Å². The molecule has 0 aromatic heterocycles. The van der Waals surface area contributed by atoms with E-state index in [1.807, 2.05) is 6.07 Å². The van der Waals surface area contributed by atoms with Crippen molar-refractivity contribution >= 4 is 27.5 Å². The van der Waals surface area contributed by atoms with Crippen molar-refractivity contribution in [2.75, 3.05) is 17.5 Å². The molecular formula is C18H19NO5S. The van der Waals surface area contributed by atoms with Gasteiger partial charge in [-0.1, -0.05) is 18.2 Å². The molecule has 2 rings (SSSR count). The summed E-state index contributed by atoms with van der Waals surface area (Å²) in [4.78, 5) is 22.7. The van der Waals surface area contributed by atoms with Gasteiger partial charge in [0.25, 0.3) is 10.0 Å². The van der Waals surface area contributed by atoms with Crippen LogP contribution in [0.2, 0.25) is 0 Å². The molecule has 2 aromatic rings. The lowest BCUT2D eigenvalue weighted by molar-refractivity contribution is -0.120. The number of anilines is 1. The normalized spacial score (nSPS) is 11.0. The van der Waals surface area contributed by atoms with Crippen LogP contribution in [0.1, 0.15) is 24.2 Å². The molecule has 0 heterocycles. The van der Waals surface area contributed by atoms with Gasteiger partial charge in [-0.05, 0) is 50.2 Å². The number of ketones is 1. The van der Waals surface area contributed by atoms with Gasteiger partial charge in [0.1, 0.15) is 6.61 Å². The van der Waals surface area contributed by atoms with Gasteiger partial charge in [-0.2, -0.15) is 0 Å². The minimum absolute atomic E-state index is 0.0707. The summed E-state index contributed by atoms with van der Waals surface area (Å²) in [6.07, 6.45) is 0. The number of ether oxygens (including phenoxy) is 1. The Bertz CT molecular complexity index is 845. The fraction of sp³-hybridized carbons (Fsp3) is 0.222. The first-order valence-electron chi connectivity index (χ1n) is 7.70. The number of hydrogen-bond donors (Lipinski definition) is 0. The van der Waals surface area contributed by atoms with Gasteiger partial charge in [-0.3, -0.25) is 9.10 Å². The standard InChI is InChI=1S/C18H19NO5S/c1-3-19(16-7-5-4-6-8-16)25(22,23)17-11-9-15(10-12-17)18(21)24-13-14(2)20/h4-12H,3,13H2,1-2H3. The predicted molar refractivity (Wildman–Crippen MR) is 94.1 cm³/mol. The number of esters is 1. The Morgan fingerprint density at radius 1 is 1.00 bits per heavy atom. The average molecular weight is 361 g/mol. The maximum Gasteiger partial charge on any atom is 0.338 e. The number of nitrogens with zero attached hydrogens (tertiary/aromatic N) is 1. The first-order chi connectivity index (χ1) is 11.9. The molecule has 0 amide bonds. The molecule has 0 saturated heterocycles. The molecule has 0 aliphatic heterocycles. The second kappa shape index (κ2) is 7.94. The molecular weight excluding hydrogens is 342 g/mol. The van der Waals surface area contributed by atoms with E-state index in [2.05, 4.69) is 0 Å². The highest BCUT2D eigenvalue weighted by Crippen LogP contribution is 2.23. The van der Waals surface area contributed by atoms with Crippen molar-refractivity contribution in [3.8, 4) is 0 Å². The Labute approximate surface area is 147 Å². The Kier molecular flexibility index (Phi) is 5.93. The summed E-state index contributed by atoms with van der Waals surface area (Å²) in [5, 5.41) is 0. The van der Waals surface area contributed by atoms with Crippen molar-refractivity contribution < 1.29 is 22.7 Å². The van der Waals surface area contributed by atoms with Crippen LogP contribution in [0.5, 0.6) is 0 Å². The third kappa shape index (κ3) is 4.45. The summed E-state index contributed by atoms with van der Waals surface area (Å²) in [6, 6.07) is 14.2. The Morgan fingerprint density at radius 2 is 1.60 bits per heavy atom. The molecule has 25 heavy (non-hydrogen) atoms. The summed E-state index contributed by atoms with van der Waals surface area (Å²) in [5.74, 6) is -0.941. The van der Waals surface area contributed by atoms with Crippen molar-refractivity contribution in [2.24, 2.45) is 0 Å². The largest absolute Gasteiger partial charge is 0.454 e. The van der Waals surface area contributed by atoms with E-state index in [0.29, 0.717) is 5.69 Å². The highest BCUT2D eigenvalue weighted by atomic mass is 32.2. The van der Waals surface area contributed by atoms with Gasteiger partial charge in [0.2, 0.25) is 0 Å². The van der Waals surface area contributed by atoms with E-state index in [9.17, 15) is 18.0 Å². The summed E-state index contributed by atoms with van der Waals surface area (Å²) >= 11 is 0. The van der Waals surface area contributed by atoms with E-state index in [-0.39, 0.29) is 29.4 Å². The van der Waals surface area contributed by atoms with E-state index in [1.165, 1.54) is 35.5 Å². The van der Waals surface area contributed by atoms with Crippen LogP contribution in [-0.2, 0) is 19.6 Å². The second-order valence-corrected chi connectivity index (χ2v) is 7.17. The number of benzene rings is 2. The number of hydrogen-bond acceptors (Lipinski definition) is 5. The zero-order valence-electron chi connectivity index (χ0n) is 14.0. The lowest BCUT2D eigenvalue weighted by Gasteiger charge is -2.22. The third-order valence-electron chi connectivity index (χ3n) is 3.42. The highest BCUT2D eigenvalue weighted by Gasteiger charge is 2.23. The third-order valence-corrected chi connectivity index (χ3v) is 5.33. The molecule has 0 bridgehead atoms. The van der Waals surface area contributed by atoms with Crippen LogP contribution in [0.4, 0.5) is 5.69 Å². The summed E-state index contributed by atoms with van der Waals surface area (Å²) in [5.41, 5.74) is 0.748. The van der Waals surface area contributed by atoms with E-state index in [4.69, 9.17) is 4.74 Å². The molecule has 6 nitrogen and oxygen atoms in total. The van der Waals surface area contributed by atoms with Crippen LogP contribution < -0.4 is 4.31 Å². The van der Waals surface area contributed by atoms with Crippen molar-refractivity contribution in [1.82, 2.24) is 0 Å².